The van der Waals surface area contributed by atoms with Gasteiger partial charge in [-0.2, -0.15) is 0 Å². The fourth-order valence-corrected chi connectivity index (χ4v) is 2.04. The SMILES string of the molecule is Cc1oncc1C(=O)N(C)CC1CCCN1. The van der Waals surface area contributed by atoms with Crippen molar-refractivity contribution in [2.45, 2.75) is 25.8 Å². The van der Waals surface area contributed by atoms with Crippen LogP contribution < -0.4 is 5.32 Å². The van der Waals surface area contributed by atoms with Gasteiger partial charge in [-0.1, -0.05) is 5.16 Å². The summed E-state index contributed by atoms with van der Waals surface area (Å²) in [7, 11) is 1.81. The highest BCUT2D eigenvalue weighted by Gasteiger charge is 2.21. The summed E-state index contributed by atoms with van der Waals surface area (Å²) in [4.78, 5) is 13.7. The first-order valence-corrected chi connectivity index (χ1v) is 5.58. The van der Waals surface area contributed by atoms with Crippen LogP contribution in [0.1, 0.15) is 29.0 Å². The van der Waals surface area contributed by atoms with Crippen molar-refractivity contribution in [3.05, 3.63) is 17.5 Å². The third-order valence-corrected chi connectivity index (χ3v) is 2.98. The van der Waals surface area contributed by atoms with E-state index in [0.29, 0.717) is 17.4 Å². The lowest BCUT2D eigenvalue weighted by molar-refractivity contribution is 0.0782. The topological polar surface area (TPSA) is 58.4 Å². The maximum absolute atomic E-state index is 12.0. The molecule has 16 heavy (non-hydrogen) atoms. The number of carbonyl (C=O) groups is 1. The van der Waals surface area contributed by atoms with E-state index >= 15 is 0 Å². The third-order valence-electron chi connectivity index (χ3n) is 2.98. The molecule has 0 saturated carbocycles. The van der Waals surface area contributed by atoms with E-state index in [4.69, 9.17) is 4.52 Å². The molecule has 1 fully saturated rings. The van der Waals surface area contributed by atoms with Crippen LogP contribution in [0.25, 0.3) is 0 Å². The summed E-state index contributed by atoms with van der Waals surface area (Å²) < 4.78 is 4.89. The van der Waals surface area contributed by atoms with Crippen LogP contribution in [0.4, 0.5) is 0 Å². The van der Waals surface area contributed by atoms with Crippen LogP contribution in [-0.4, -0.2) is 42.1 Å². The molecule has 1 atom stereocenters. The van der Waals surface area contributed by atoms with Crippen molar-refractivity contribution < 1.29 is 9.32 Å². The predicted octanol–water partition coefficient (Wildman–Crippen LogP) is 0.807. The Morgan fingerprint density at radius 2 is 2.56 bits per heavy atom. The van der Waals surface area contributed by atoms with Gasteiger partial charge in [0.1, 0.15) is 11.3 Å². The zero-order chi connectivity index (χ0) is 11.5. The predicted molar refractivity (Wildman–Crippen MR) is 59.2 cm³/mol. The Morgan fingerprint density at radius 3 is 3.12 bits per heavy atom. The lowest BCUT2D eigenvalue weighted by atomic mass is 10.2. The molecule has 2 heterocycles. The highest BCUT2D eigenvalue weighted by Crippen LogP contribution is 2.11. The number of amides is 1. The van der Waals surface area contributed by atoms with Gasteiger partial charge in [0, 0.05) is 19.6 Å². The van der Waals surface area contributed by atoms with Crippen molar-refractivity contribution >= 4 is 5.91 Å². The summed E-state index contributed by atoms with van der Waals surface area (Å²) in [5, 5.41) is 6.99. The summed E-state index contributed by atoms with van der Waals surface area (Å²) in [5.74, 6) is 0.559. The average Bonchev–Trinajstić information content (AvgIpc) is 2.88. The summed E-state index contributed by atoms with van der Waals surface area (Å²) in [6.45, 7) is 3.55. The molecule has 0 aliphatic carbocycles. The Labute approximate surface area is 94.8 Å². The Kier molecular flexibility index (Phi) is 3.24. The zero-order valence-electron chi connectivity index (χ0n) is 9.69. The third kappa shape index (κ3) is 2.24. The van der Waals surface area contributed by atoms with Crippen molar-refractivity contribution in [1.82, 2.24) is 15.4 Å². The maximum Gasteiger partial charge on any atom is 0.258 e. The first-order chi connectivity index (χ1) is 7.68. The second-order valence-corrected chi connectivity index (χ2v) is 4.27. The summed E-state index contributed by atoms with van der Waals surface area (Å²) >= 11 is 0. The molecular weight excluding hydrogens is 206 g/mol. The molecule has 0 spiro atoms. The van der Waals surface area contributed by atoms with Gasteiger partial charge in [-0.15, -0.1) is 0 Å². The fraction of sp³-hybridized carbons (Fsp3) is 0.636. The van der Waals surface area contributed by atoms with Gasteiger partial charge in [-0.25, -0.2) is 0 Å². The van der Waals surface area contributed by atoms with Crippen LogP contribution in [0.5, 0.6) is 0 Å². The summed E-state index contributed by atoms with van der Waals surface area (Å²) in [5.41, 5.74) is 0.556. The van der Waals surface area contributed by atoms with Crippen LogP contribution in [0, 0.1) is 6.92 Å². The molecule has 1 N–H and O–H groups in total. The average molecular weight is 223 g/mol. The molecule has 1 aromatic heterocycles. The number of hydrogen-bond donors (Lipinski definition) is 1. The maximum atomic E-state index is 12.0. The quantitative estimate of drug-likeness (QED) is 0.823. The summed E-state index contributed by atoms with van der Waals surface area (Å²) in [6, 6.07) is 0.425. The monoisotopic (exact) mass is 223 g/mol. The molecule has 0 radical (unpaired) electrons. The summed E-state index contributed by atoms with van der Waals surface area (Å²) in [6.07, 6.45) is 3.81. The largest absolute Gasteiger partial charge is 0.361 e. The minimum Gasteiger partial charge on any atom is -0.361 e. The van der Waals surface area contributed by atoms with E-state index in [9.17, 15) is 4.79 Å². The minimum absolute atomic E-state index is 0.0209. The van der Waals surface area contributed by atoms with Crippen LogP contribution in [0.15, 0.2) is 10.7 Å². The van der Waals surface area contributed by atoms with Crippen LogP contribution >= 0.6 is 0 Å². The number of likely N-dealkylation sites (N-methyl/N-ethyl adjacent to an activating group) is 1. The molecule has 2 rings (SSSR count). The Balaban J connectivity index is 1.96. The van der Waals surface area contributed by atoms with Gasteiger partial charge in [-0.3, -0.25) is 4.79 Å². The second kappa shape index (κ2) is 4.65. The Morgan fingerprint density at radius 1 is 1.75 bits per heavy atom. The normalized spacial score (nSPS) is 20.0. The molecule has 1 aliphatic heterocycles. The molecule has 1 saturated heterocycles. The van der Waals surface area contributed by atoms with E-state index < -0.39 is 0 Å². The molecule has 1 aliphatic rings. The number of nitrogens with one attached hydrogen (secondary N) is 1. The highest BCUT2D eigenvalue weighted by atomic mass is 16.5. The van der Waals surface area contributed by atoms with Crippen molar-refractivity contribution in [2.24, 2.45) is 0 Å². The number of aryl methyl sites for hydroxylation is 1. The first-order valence-electron chi connectivity index (χ1n) is 5.58. The van der Waals surface area contributed by atoms with Crippen molar-refractivity contribution in [1.29, 1.82) is 0 Å². The van der Waals surface area contributed by atoms with Crippen molar-refractivity contribution in [3.8, 4) is 0 Å². The second-order valence-electron chi connectivity index (χ2n) is 4.27. The van der Waals surface area contributed by atoms with E-state index in [1.807, 2.05) is 7.05 Å². The van der Waals surface area contributed by atoms with E-state index in [1.54, 1.807) is 11.8 Å². The van der Waals surface area contributed by atoms with Gasteiger partial charge < -0.3 is 14.7 Å². The highest BCUT2D eigenvalue weighted by molar-refractivity contribution is 5.94. The molecule has 5 heteroatoms. The van der Waals surface area contributed by atoms with E-state index in [0.717, 1.165) is 19.5 Å². The van der Waals surface area contributed by atoms with Gasteiger partial charge in [-0.05, 0) is 26.3 Å². The molecule has 5 nitrogen and oxygen atoms in total. The molecule has 1 amide bonds. The Hall–Kier alpha value is -1.36. The van der Waals surface area contributed by atoms with Gasteiger partial charge in [0.05, 0.1) is 6.20 Å². The van der Waals surface area contributed by atoms with Crippen molar-refractivity contribution in [3.63, 3.8) is 0 Å². The van der Waals surface area contributed by atoms with Crippen molar-refractivity contribution in [2.75, 3.05) is 20.1 Å². The van der Waals surface area contributed by atoms with Gasteiger partial charge >= 0.3 is 0 Å². The van der Waals surface area contributed by atoms with Gasteiger partial charge in [0.2, 0.25) is 0 Å². The number of aromatic nitrogens is 1. The van der Waals surface area contributed by atoms with E-state index in [2.05, 4.69) is 10.5 Å². The smallest absolute Gasteiger partial charge is 0.258 e. The van der Waals surface area contributed by atoms with Crippen LogP contribution in [0.3, 0.4) is 0 Å². The fourth-order valence-electron chi connectivity index (χ4n) is 2.04. The molecular formula is C11H17N3O2. The van der Waals surface area contributed by atoms with Crippen LogP contribution in [-0.2, 0) is 0 Å². The van der Waals surface area contributed by atoms with E-state index in [1.165, 1.54) is 12.6 Å². The molecule has 1 unspecified atom stereocenters. The van der Waals surface area contributed by atoms with Crippen LogP contribution in [0.2, 0.25) is 0 Å². The molecule has 0 bridgehead atoms. The number of carbonyl (C=O) groups excluding carboxylic acids is 1. The Bertz CT molecular complexity index is 369. The zero-order valence-corrected chi connectivity index (χ0v) is 9.69. The van der Waals surface area contributed by atoms with Gasteiger partial charge in [0.15, 0.2) is 0 Å². The number of hydrogen-bond acceptors (Lipinski definition) is 4. The first kappa shape index (κ1) is 11.1. The van der Waals surface area contributed by atoms with E-state index in [-0.39, 0.29) is 5.91 Å². The minimum atomic E-state index is -0.0209. The molecule has 0 aromatic carbocycles. The number of nitrogens with zero attached hydrogens (tertiary/aromatic N) is 2. The van der Waals surface area contributed by atoms with Gasteiger partial charge in [0.25, 0.3) is 5.91 Å². The lowest BCUT2D eigenvalue weighted by Gasteiger charge is -2.20. The lowest BCUT2D eigenvalue weighted by Crippen LogP contribution is -2.38. The number of rotatable bonds is 3. The molecule has 88 valence electrons. The molecule has 1 aromatic rings. The standard InChI is InChI=1S/C11H17N3O2/c1-8-10(6-13-16-8)11(15)14(2)7-9-4-3-5-12-9/h6,9,12H,3-5,7H2,1-2H3.